The molecule has 1 fully saturated rings. The van der Waals surface area contributed by atoms with Crippen LogP contribution in [0.25, 0.3) is 0 Å². The maximum absolute atomic E-state index is 12.3. The van der Waals surface area contributed by atoms with E-state index in [9.17, 15) is 4.79 Å². The number of carbonyl (C=O) groups is 1. The minimum Gasteiger partial charge on any atom is -0.338 e. The molecular formula is C18H24N4O. The summed E-state index contributed by atoms with van der Waals surface area (Å²) in [5, 5.41) is 2.91. The first-order chi connectivity index (χ1) is 11.2. The number of nitrogens with zero attached hydrogens (tertiary/aromatic N) is 3. The van der Waals surface area contributed by atoms with Crippen molar-refractivity contribution in [3.63, 3.8) is 0 Å². The summed E-state index contributed by atoms with van der Waals surface area (Å²) in [6, 6.07) is 8.76. The topological polar surface area (TPSA) is 50.2 Å². The highest BCUT2D eigenvalue weighted by molar-refractivity contribution is 5.74. The lowest BCUT2D eigenvalue weighted by molar-refractivity contribution is 0.190. The molecule has 1 aromatic heterocycles. The van der Waals surface area contributed by atoms with Crippen molar-refractivity contribution in [1.82, 2.24) is 19.8 Å². The molecular weight excluding hydrogens is 288 g/mol. The molecule has 1 heterocycles. The molecule has 0 unspecified atom stereocenters. The second kappa shape index (κ2) is 6.86. The summed E-state index contributed by atoms with van der Waals surface area (Å²) in [5.41, 5.74) is 2.55. The number of aryl methyl sites for hydroxylation is 1. The van der Waals surface area contributed by atoms with Gasteiger partial charge in [-0.05, 0) is 37.8 Å². The third kappa shape index (κ3) is 3.73. The molecule has 2 amide bonds. The summed E-state index contributed by atoms with van der Waals surface area (Å²) in [5.74, 6) is 0.936. The van der Waals surface area contributed by atoms with Crippen molar-refractivity contribution in [2.45, 2.75) is 45.8 Å². The Bertz CT molecular complexity index is 675. The van der Waals surface area contributed by atoms with Crippen molar-refractivity contribution in [3.8, 4) is 0 Å². The second-order valence-electron chi connectivity index (χ2n) is 6.09. The Balaban J connectivity index is 1.75. The van der Waals surface area contributed by atoms with Gasteiger partial charge in [0, 0.05) is 31.5 Å². The summed E-state index contributed by atoms with van der Waals surface area (Å²) < 4.78 is 2.14. The highest BCUT2D eigenvalue weighted by Gasteiger charge is 2.33. The van der Waals surface area contributed by atoms with Crippen LogP contribution in [0, 0.1) is 6.92 Å². The smallest absolute Gasteiger partial charge is 0.318 e. The predicted molar refractivity (Wildman–Crippen MR) is 90.1 cm³/mol. The van der Waals surface area contributed by atoms with E-state index in [4.69, 9.17) is 0 Å². The Morgan fingerprint density at radius 3 is 2.87 bits per heavy atom. The van der Waals surface area contributed by atoms with E-state index in [1.165, 1.54) is 11.1 Å². The Kier molecular flexibility index (Phi) is 4.65. The highest BCUT2D eigenvalue weighted by Crippen LogP contribution is 2.28. The molecule has 0 atom stereocenters. The quantitative estimate of drug-likeness (QED) is 0.891. The molecule has 23 heavy (non-hydrogen) atoms. The minimum absolute atomic E-state index is 0.0143. The van der Waals surface area contributed by atoms with Gasteiger partial charge in [0.2, 0.25) is 0 Å². The number of rotatable bonds is 6. The molecule has 1 N–H and O–H groups in total. The first kappa shape index (κ1) is 15.6. The molecule has 1 aliphatic carbocycles. The molecule has 3 rings (SSSR count). The van der Waals surface area contributed by atoms with Crippen LogP contribution >= 0.6 is 0 Å². The zero-order valence-corrected chi connectivity index (χ0v) is 13.8. The molecule has 122 valence electrons. The maximum Gasteiger partial charge on any atom is 0.318 e. The summed E-state index contributed by atoms with van der Waals surface area (Å²) in [6.45, 7) is 6.07. The van der Waals surface area contributed by atoms with Gasteiger partial charge in [-0.1, -0.05) is 24.3 Å². The predicted octanol–water partition coefficient (Wildman–Crippen LogP) is 2.93. The minimum atomic E-state index is 0.0143. The molecule has 0 saturated heterocycles. The van der Waals surface area contributed by atoms with Crippen molar-refractivity contribution in [2.24, 2.45) is 0 Å². The van der Waals surface area contributed by atoms with Crippen LogP contribution in [0.1, 0.15) is 36.7 Å². The number of hydrogen-bond acceptors (Lipinski definition) is 2. The fraction of sp³-hybridized carbons (Fsp3) is 0.444. The van der Waals surface area contributed by atoms with E-state index in [0.717, 1.165) is 25.2 Å². The molecule has 2 aromatic rings. The van der Waals surface area contributed by atoms with Gasteiger partial charge < -0.3 is 14.8 Å². The maximum atomic E-state index is 12.3. The monoisotopic (exact) mass is 312 g/mol. The van der Waals surface area contributed by atoms with E-state index in [-0.39, 0.29) is 6.03 Å². The number of benzene rings is 1. The Hall–Kier alpha value is -2.30. The fourth-order valence-corrected chi connectivity index (χ4v) is 2.76. The van der Waals surface area contributed by atoms with Crippen LogP contribution < -0.4 is 5.32 Å². The van der Waals surface area contributed by atoms with Crippen LogP contribution in [0.2, 0.25) is 0 Å². The average Bonchev–Trinajstić information content (AvgIpc) is 3.28. The molecule has 0 radical (unpaired) electrons. The van der Waals surface area contributed by atoms with Gasteiger partial charge in [0.1, 0.15) is 5.82 Å². The van der Waals surface area contributed by atoms with Gasteiger partial charge in [0.25, 0.3) is 0 Å². The molecule has 0 spiro atoms. The SMILES string of the molecule is CCNC(=O)N(Cc1nccn1Cc1ccccc1C)C1CC1. The first-order valence-electron chi connectivity index (χ1n) is 8.28. The molecule has 1 aromatic carbocycles. The number of urea groups is 1. The standard InChI is InChI=1S/C18H24N4O/c1-3-19-18(23)22(16-8-9-16)13-17-20-10-11-21(17)12-15-7-5-4-6-14(15)2/h4-7,10-11,16H,3,8-9,12-13H2,1-2H3,(H,19,23). The number of hydrogen-bond donors (Lipinski definition) is 1. The van der Waals surface area contributed by atoms with Crippen LogP contribution in [0.5, 0.6) is 0 Å². The molecule has 1 aliphatic rings. The van der Waals surface area contributed by atoms with Gasteiger partial charge in [-0.15, -0.1) is 0 Å². The number of nitrogens with one attached hydrogen (secondary N) is 1. The summed E-state index contributed by atoms with van der Waals surface area (Å²) in [6.07, 6.45) is 5.99. The van der Waals surface area contributed by atoms with Gasteiger partial charge in [0.05, 0.1) is 6.54 Å². The van der Waals surface area contributed by atoms with E-state index < -0.39 is 0 Å². The molecule has 5 heteroatoms. The van der Waals surface area contributed by atoms with Crippen molar-refractivity contribution in [1.29, 1.82) is 0 Å². The summed E-state index contributed by atoms with van der Waals surface area (Å²) in [7, 11) is 0. The van der Waals surface area contributed by atoms with Crippen LogP contribution in [0.4, 0.5) is 4.79 Å². The van der Waals surface area contributed by atoms with Crippen molar-refractivity contribution < 1.29 is 4.79 Å². The van der Waals surface area contributed by atoms with E-state index in [2.05, 4.69) is 46.1 Å². The first-order valence-corrected chi connectivity index (χ1v) is 8.28. The number of carbonyl (C=O) groups excluding carboxylic acids is 1. The van der Waals surface area contributed by atoms with E-state index in [1.54, 1.807) is 0 Å². The molecule has 1 saturated carbocycles. The van der Waals surface area contributed by atoms with Gasteiger partial charge in [-0.25, -0.2) is 9.78 Å². The van der Waals surface area contributed by atoms with E-state index in [1.807, 2.05) is 24.2 Å². The zero-order chi connectivity index (χ0) is 16.2. The van der Waals surface area contributed by atoms with Crippen LogP contribution in [-0.2, 0) is 13.1 Å². The van der Waals surface area contributed by atoms with Gasteiger partial charge >= 0.3 is 6.03 Å². The highest BCUT2D eigenvalue weighted by atomic mass is 16.2. The molecule has 0 aliphatic heterocycles. The average molecular weight is 312 g/mol. The lowest BCUT2D eigenvalue weighted by atomic mass is 10.1. The Morgan fingerprint density at radius 1 is 1.39 bits per heavy atom. The normalized spacial score (nSPS) is 13.8. The number of amides is 2. The lowest BCUT2D eigenvalue weighted by Crippen LogP contribution is -2.41. The molecule has 5 nitrogen and oxygen atoms in total. The van der Waals surface area contributed by atoms with Crippen LogP contribution in [0.15, 0.2) is 36.7 Å². The van der Waals surface area contributed by atoms with Crippen molar-refractivity contribution in [2.75, 3.05) is 6.54 Å². The summed E-state index contributed by atoms with van der Waals surface area (Å²) in [4.78, 5) is 18.6. The lowest BCUT2D eigenvalue weighted by Gasteiger charge is -2.22. The van der Waals surface area contributed by atoms with Gasteiger partial charge in [-0.2, -0.15) is 0 Å². The Labute approximate surface area is 137 Å². The van der Waals surface area contributed by atoms with Crippen LogP contribution in [-0.4, -0.2) is 33.1 Å². The van der Waals surface area contributed by atoms with Crippen molar-refractivity contribution >= 4 is 6.03 Å². The van der Waals surface area contributed by atoms with Crippen molar-refractivity contribution in [3.05, 3.63) is 53.6 Å². The largest absolute Gasteiger partial charge is 0.338 e. The van der Waals surface area contributed by atoms with Gasteiger partial charge in [0.15, 0.2) is 0 Å². The number of aromatic nitrogens is 2. The fourth-order valence-electron chi connectivity index (χ4n) is 2.76. The Morgan fingerprint density at radius 2 is 2.17 bits per heavy atom. The van der Waals surface area contributed by atoms with Crippen LogP contribution in [0.3, 0.4) is 0 Å². The third-order valence-electron chi connectivity index (χ3n) is 4.29. The zero-order valence-electron chi connectivity index (χ0n) is 13.8. The van der Waals surface area contributed by atoms with E-state index in [0.29, 0.717) is 19.1 Å². The second-order valence-corrected chi connectivity index (χ2v) is 6.09. The summed E-state index contributed by atoms with van der Waals surface area (Å²) >= 11 is 0. The third-order valence-corrected chi connectivity index (χ3v) is 4.29. The number of imidazole rings is 1. The van der Waals surface area contributed by atoms with Gasteiger partial charge in [-0.3, -0.25) is 0 Å². The molecule has 0 bridgehead atoms. The van der Waals surface area contributed by atoms with E-state index >= 15 is 0 Å².